The van der Waals surface area contributed by atoms with Gasteiger partial charge in [-0.1, -0.05) is 29.3 Å². The number of anilines is 1. The van der Waals surface area contributed by atoms with E-state index in [-0.39, 0.29) is 42.7 Å². The molecule has 0 N–H and O–H groups in total. The number of halogens is 6. The summed E-state index contributed by atoms with van der Waals surface area (Å²) in [4.78, 5) is 45.7. The molecule has 2 aromatic rings. The largest absolute Gasteiger partial charge is 0.417 e. The quantitative estimate of drug-likeness (QED) is 0.332. The van der Waals surface area contributed by atoms with Gasteiger partial charge in [-0.25, -0.2) is 4.39 Å². The van der Waals surface area contributed by atoms with E-state index in [0.717, 1.165) is 17.3 Å². The van der Waals surface area contributed by atoms with Gasteiger partial charge in [-0.05, 0) is 74.4 Å². The van der Waals surface area contributed by atoms with E-state index in [1.807, 2.05) is 19.1 Å². The second-order valence-corrected chi connectivity index (χ2v) is 13.1. The van der Waals surface area contributed by atoms with Gasteiger partial charge >= 0.3 is 6.18 Å². The second kappa shape index (κ2) is 13.5. The normalized spacial score (nSPS) is 20.9. The molecule has 5 rings (SSSR count). The van der Waals surface area contributed by atoms with Crippen molar-refractivity contribution < 1.29 is 31.9 Å². The Balaban J connectivity index is 1.19. The topological polar surface area (TPSA) is 64.2 Å². The van der Waals surface area contributed by atoms with Crippen LogP contribution in [0.15, 0.2) is 30.3 Å². The smallest absolute Gasteiger partial charge is 0.343 e. The van der Waals surface area contributed by atoms with Crippen LogP contribution < -0.4 is 4.90 Å². The number of amides is 3. The van der Waals surface area contributed by atoms with Crippen molar-refractivity contribution in [2.24, 2.45) is 17.8 Å². The Labute approximate surface area is 270 Å². The average Bonchev–Trinajstić information content (AvgIpc) is 3.56. The Hall–Kier alpha value is -2.89. The zero-order chi connectivity index (χ0) is 32.6. The first-order chi connectivity index (χ1) is 21.2. The average molecular weight is 672 g/mol. The minimum absolute atomic E-state index is 0.00798. The van der Waals surface area contributed by atoms with Crippen LogP contribution in [0, 0.1) is 30.5 Å². The number of nitrogens with zero attached hydrogens (tertiary/aromatic N) is 4. The molecule has 0 aromatic heterocycles. The van der Waals surface area contributed by atoms with Crippen molar-refractivity contribution in [3.8, 4) is 0 Å². The minimum atomic E-state index is -4.89. The van der Waals surface area contributed by atoms with E-state index in [1.54, 1.807) is 15.9 Å². The monoisotopic (exact) mass is 670 g/mol. The molecule has 2 unspecified atom stereocenters. The van der Waals surface area contributed by atoms with Crippen LogP contribution in [0.5, 0.6) is 0 Å². The molecule has 3 aliphatic heterocycles. The van der Waals surface area contributed by atoms with Gasteiger partial charge in [0.1, 0.15) is 0 Å². The number of aryl methyl sites for hydroxylation is 1. The number of alkyl halides is 3. The first-order valence-corrected chi connectivity index (χ1v) is 15.9. The summed E-state index contributed by atoms with van der Waals surface area (Å²) in [6, 6.07) is 7.04. The molecule has 3 saturated heterocycles. The van der Waals surface area contributed by atoms with Crippen molar-refractivity contribution in [3.05, 3.63) is 62.9 Å². The van der Waals surface area contributed by atoms with Gasteiger partial charge in [-0.3, -0.25) is 14.4 Å². The summed E-state index contributed by atoms with van der Waals surface area (Å²) < 4.78 is 55.4. The van der Waals surface area contributed by atoms with Crippen LogP contribution in [0.3, 0.4) is 0 Å². The van der Waals surface area contributed by atoms with Crippen molar-refractivity contribution >= 4 is 46.6 Å². The molecule has 3 heterocycles. The van der Waals surface area contributed by atoms with E-state index in [4.69, 9.17) is 23.2 Å². The maximum Gasteiger partial charge on any atom is 0.417 e. The number of piperidine rings is 1. The van der Waals surface area contributed by atoms with Crippen LogP contribution in [0.4, 0.5) is 23.2 Å². The lowest BCUT2D eigenvalue weighted by Crippen LogP contribution is -2.44. The summed E-state index contributed by atoms with van der Waals surface area (Å²) in [5.41, 5.74) is -0.721. The Morgan fingerprint density at radius 2 is 1.58 bits per heavy atom. The predicted molar refractivity (Wildman–Crippen MR) is 164 cm³/mol. The highest BCUT2D eigenvalue weighted by atomic mass is 35.5. The summed E-state index contributed by atoms with van der Waals surface area (Å²) in [7, 11) is 0. The van der Waals surface area contributed by atoms with E-state index in [2.05, 4.69) is 4.90 Å². The Kier molecular flexibility index (Phi) is 10.0. The van der Waals surface area contributed by atoms with Crippen molar-refractivity contribution in [1.29, 1.82) is 0 Å². The van der Waals surface area contributed by atoms with Gasteiger partial charge in [0.2, 0.25) is 11.8 Å². The number of carbonyl (C=O) groups is 3. The molecule has 0 spiro atoms. The fourth-order valence-corrected chi connectivity index (χ4v) is 7.16. The molecule has 13 heteroatoms. The van der Waals surface area contributed by atoms with E-state index < -0.39 is 34.1 Å². The number of rotatable bonds is 7. The maximum atomic E-state index is 14.7. The highest BCUT2D eigenvalue weighted by molar-refractivity contribution is 6.31. The third kappa shape index (κ3) is 7.25. The highest BCUT2D eigenvalue weighted by Crippen LogP contribution is 2.38. The van der Waals surface area contributed by atoms with E-state index in [0.29, 0.717) is 69.6 Å². The molecule has 0 aliphatic carbocycles. The van der Waals surface area contributed by atoms with Crippen molar-refractivity contribution in [2.75, 3.05) is 57.3 Å². The lowest BCUT2D eigenvalue weighted by Gasteiger charge is -2.34. The minimum Gasteiger partial charge on any atom is -0.343 e. The molecule has 3 amide bonds. The highest BCUT2D eigenvalue weighted by Gasteiger charge is 2.45. The van der Waals surface area contributed by atoms with E-state index in [9.17, 15) is 31.9 Å². The molecule has 244 valence electrons. The van der Waals surface area contributed by atoms with Gasteiger partial charge in [0, 0.05) is 69.4 Å². The molecular weight excluding hydrogens is 635 g/mol. The maximum absolute atomic E-state index is 14.7. The summed E-state index contributed by atoms with van der Waals surface area (Å²) in [6.45, 7) is 7.44. The van der Waals surface area contributed by atoms with Gasteiger partial charge in [0.05, 0.1) is 16.1 Å². The Bertz CT molecular complexity index is 1450. The lowest BCUT2D eigenvalue weighted by molar-refractivity contribution is -0.138. The molecule has 0 radical (unpaired) electrons. The standard InChI is InChI=1S/C32H36Cl2F4N4O3/c1-19-4-5-24(14-27(19)34)42(30(44)21-8-12-40(13-9-21)20(2)43)11-3-10-39-15-22-17-41(18-23(22)16-39)31(45)28-25(32(36,37)38)6-7-26(33)29(28)35/h4-7,14,21-23H,3,8-13,15-18H2,1-2H3. The third-order valence-corrected chi connectivity index (χ3v) is 10.0. The fraction of sp³-hybridized carbons (Fsp3) is 0.531. The van der Waals surface area contributed by atoms with Gasteiger partial charge in [-0.15, -0.1) is 0 Å². The van der Waals surface area contributed by atoms with Gasteiger partial charge < -0.3 is 19.6 Å². The second-order valence-electron chi connectivity index (χ2n) is 12.3. The van der Waals surface area contributed by atoms with Gasteiger partial charge in [0.25, 0.3) is 5.91 Å². The first-order valence-electron chi connectivity index (χ1n) is 15.1. The molecule has 7 nitrogen and oxygen atoms in total. The first kappa shape index (κ1) is 33.5. The van der Waals surface area contributed by atoms with Crippen LogP contribution >= 0.6 is 23.2 Å². The molecular formula is C32H36Cl2F4N4O3. The summed E-state index contributed by atoms with van der Waals surface area (Å²) in [5.74, 6) is -2.43. The molecule has 45 heavy (non-hydrogen) atoms. The van der Waals surface area contributed by atoms with Crippen LogP contribution in [0.25, 0.3) is 0 Å². The number of carbonyl (C=O) groups excluding carboxylic acids is 3. The predicted octanol–water partition coefficient (Wildman–Crippen LogP) is 6.15. The fourth-order valence-electron chi connectivity index (χ4n) is 6.82. The number of fused-ring (bicyclic) bond motifs is 1. The molecule has 0 saturated carbocycles. The SMILES string of the molecule is CC(=O)N1CCC(C(=O)N(CCCN2CC3CN(C(=O)c4c(C(F)(F)F)ccc(Cl)c4F)CC3C2)c2ccc(C)c(Cl)c2)CC1. The Morgan fingerprint density at radius 3 is 2.16 bits per heavy atom. The third-order valence-electron chi connectivity index (χ3n) is 9.34. The molecule has 3 aliphatic rings. The Morgan fingerprint density at radius 1 is 0.933 bits per heavy atom. The molecule has 3 fully saturated rings. The number of likely N-dealkylation sites (tertiary alicyclic amines) is 3. The summed E-state index contributed by atoms with van der Waals surface area (Å²) >= 11 is 12.2. The molecule has 2 atom stereocenters. The van der Waals surface area contributed by atoms with Crippen molar-refractivity contribution in [3.63, 3.8) is 0 Å². The lowest BCUT2D eigenvalue weighted by atomic mass is 9.94. The van der Waals surface area contributed by atoms with Crippen LogP contribution in [0.2, 0.25) is 10.0 Å². The van der Waals surface area contributed by atoms with Crippen LogP contribution in [-0.4, -0.2) is 84.8 Å². The number of hydrogen-bond donors (Lipinski definition) is 0. The van der Waals surface area contributed by atoms with Crippen LogP contribution in [-0.2, 0) is 15.8 Å². The number of hydrogen-bond acceptors (Lipinski definition) is 4. The zero-order valence-corrected chi connectivity index (χ0v) is 26.7. The molecule has 0 bridgehead atoms. The van der Waals surface area contributed by atoms with E-state index >= 15 is 0 Å². The van der Waals surface area contributed by atoms with Gasteiger partial charge in [0.15, 0.2) is 5.82 Å². The van der Waals surface area contributed by atoms with E-state index in [1.165, 1.54) is 11.8 Å². The van der Waals surface area contributed by atoms with Gasteiger partial charge in [-0.2, -0.15) is 13.2 Å². The van der Waals surface area contributed by atoms with Crippen LogP contribution in [0.1, 0.15) is 47.7 Å². The van der Waals surface area contributed by atoms with Crippen molar-refractivity contribution in [2.45, 2.75) is 39.3 Å². The molecule has 2 aromatic carbocycles. The van der Waals surface area contributed by atoms with Crippen molar-refractivity contribution in [1.82, 2.24) is 14.7 Å². The summed E-state index contributed by atoms with van der Waals surface area (Å²) in [6.07, 6.45) is -3.02. The zero-order valence-electron chi connectivity index (χ0n) is 25.2. The summed E-state index contributed by atoms with van der Waals surface area (Å²) in [5, 5.41) is 0.0436. The number of benzene rings is 2.